The third-order valence-corrected chi connectivity index (χ3v) is 4.59. The number of hydrogen-bond acceptors (Lipinski definition) is 2. The zero-order chi connectivity index (χ0) is 12.1. The van der Waals surface area contributed by atoms with E-state index in [0.29, 0.717) is 6.10 Å². The van der Waals surface area contributed by atoms with E-state index in [0.717, 1.165) is 19.0 Å². The SMILES string of the molecule is CCNCC1(OC2CCC(C)CC2)CCCC1. The Balaban J connectivity index is 1.84. The van der Waals surface area contributed by atoms with Crippen LogP contribution in [0.5, 0.6) is 0 Å². The number of nitrogens with one attached hydrogen (secondary N) is 1. The quantitative estimate of drug-likeness (QED) is 0.793. The average molecular weight is 239 g/mol. The molecule has 0 bridgehead atoms. The normalized spacial score (nSPS) is 32.8. The predicted octanol–water partition coefficient (Wildman–Crippen LogP) is 3.50. The molecule has 0 atom stereocenters. The van der Waals surface area contributed by atoms with Gasteiger partial charge in [0.05, 0.1) is 11.7 Å². The van der Waals surface area contributed by atoms with E-state index in [1.54, 1.807) is 0 Å². The van der Waals surface area contributed by atoms with Crippen molar-refractivity contribution < 1.29 is 4.74 Å². The molecule has 2 rings (SSSR count). The van der Waals surface area contributed by atoms with Crippen LogP contribution in [0.25, 0.3) is 0 Å². The Labute approximate surface area is 107 Å². The van der Waals surface area contributed by atoms with Gasteiger partial charge in [-0.1, -0.05) is 26.7 Å². The maximum Gasteiger partial charge on any atom is 0.0810 e. The summed E-state index contributed by atoms with van der Waals surface area (Å²) < 4.78 is 6.53. The average Bonchev–Trinajstić information content (AvgIpc) is 2.79. The first-order valence-electron chi connectivity index (χ1n) is 7.63. The Bertz CT molecular complexity index is 215. The molecule has 100 valence electrons. The molecule has 2 saturated carbocycles. The number of hydrogen-bond donors (Lipinski definition) is 1. The van der Waals surface area contributed by atoms with Crippen LogP contribution in [0.15, 0.2) is 0 Å². The lowest BCUT2D eigenvalue weighted by Gasteiger charge is -2.37. The molecule has 0 unspecified atom stereocenters. The Morgan fingerprint density at radius 2 is 1.76 bits per heavy atom. The molecule has 2 aliphatic rings. The van der Waals surface area contributed by atoms with Gasteiger partial charge in [-0.2, -0.15) is 0 Å². The second kappa shape index (κ2) is 6.19. The molecule has 0 radical (unpaired) electrons. The summed E-state index contributed by atoms with van der Waals surface area (Å²) in [4.78, 5) is 0. The molecule has 2 heteroatoms. The predicted molar refractivity (Wildman–Crippen MR) is 72.2 cm³/mol. The van der Waals surface area contributed by atoms with E-state index < -0.39 is 0 Å². The van der Waals surface area contributed by atoms with Gasteiger partial charge in [0, 0.05) is 6.54 Å². The van der Waals surface area contributed by atoms with Crippen molar-refractivity contribution in [2.75, 3.05) is 13.1 Å². The third kappa shape index (κ3) is 3.69. The molecule has 0 heterocycles. The van der Waals surface area contributed by atoms with Crippen LogP contribution >= 0.6 is 0 Å². The van der Waals surface area contributed by atoms with E-state index in [1.807, 2.05) is 0 Å². The Morgan fingerprint density at radius 1 is 1.12 bits per heavy atom. The maximum atomic E-state index is 6.53. The first-order chi connectivity index (χ1) is 8.24. The van der Waals surface area contributed by atoms with Gasteiger partial charge in [-0.15, -0.1) is 0 Å². The standard InChI is InChI=1S/C15H29NO/c1-3-16-12-15(10-4-5-11-15)17-14-8-6-13(2)7-9-14/h13-14,16H,3-12H2,1-2H3. The van der Waals surface area contributed by atoms with Crippen molar-refractivity contribution in [3.63, 3.8) is 0 Å². The minimum atomic E-state index is 0.182. The van der Waals surface area contributed by atoms with Crippen molar-refractivity contribution in [3.05, 3.63) is 0 Å². The number of ether oxygens (including phenoxy) is 1. The molecular formula is C15H29NO. The summed E-state index contributed by atoms with van der Waals surface area (Å²) in [5, 5.41) is 3.50. The van der Waals surface area contributed by atoms with Crippen molar-refractivity contribution in [2.45, 2.75) is 76.9 Å². The highest BCUT2D eigenvalue weighted by Crippen LogP contribution is 2.37. The van der Waals surface area contributed by atoms with Crippen molar-refractivity contribution >= 4 is 0 Å². The lowest BCUT2D eigenvalue weighted by molar-refractivity contribution is -0.103. The van der Waals surface area contributed by atoms with Gasteiger partial charge < -0.3 is 10.1 Å². The van der Waals surface area contributed by atoms with Crippen LogP contribution in [-0.4, -0.2) is 24.8 Å². The molecule has 0 aliphatic heterocycles. The van der Waals surface area contributed by atoms with Crippen LogP contribution in [0.1, 0.15) is 65.2 Å². The van der Waals surface area contributed by atoms with Gasteiger partial charge in [-0.25, -0.2) is 0 Å². The maximum absolute atomic E-state index is 6.53. The van der Waals surface area contributed by atoms with E-state index in [2.05, 4.69) is 19.2 Å². The van der Waals surface area contributed by atoms with Crippen LogP contribution in [0, 0.1) is 5.92 Å². The van der Waals surface area contributed by atoms with Gasteiger partial charge in [0.25, 0.3) is 0 Å². The van der Waals surface area contributed by atoms with Crippen LogP contribution in [0.2, 0.25) is 0 Å². The van der Waals surface area contributed by atoms with Crippen LogP contribution < -0.4 is 5.32 Å². The first-order valence-corrected chi connectivity index (χ1v) is 7.63. The van der Waals surface area contributed by atoms with Gasteiger partial charge in [0.2, 0.25) is 0 Å². The molecular weight excluding hydrogens is 210 g/mol. The lowest BCUT2D eigenvalue weighted by atomic mass is 9.88. The minimum absolute atomic E-state index is 0.182. The summed E-state index contributed by atoms with van der Waals surface area (Å²) in [5.41, 5.74) is 0.182. The Hall–Kier alpha value is -0.0800. The molecule has 2 nitrogen and oxygen atoms in total. The molecule has 17 heavy (non-hydrogen) atoms. The van der Waals surface area contributed by atoms with E-state index in [-0.39, 0.29) is 5.60 Å². The molecule has 0 amide bonds. The van der Waals surface area contributed by atoms with Crippen molar-refractivity contribution in [2.24, 2.45) is 5.92 Å². The second-order valence-corrected chi connectivity index (χ2v) is 6.17. The molecule has 0 spiro atoms. The largest absolute Gasteiger partial charge is 0.370 e. The fraction of sp³-hybridized carbons (Fsp3) is 1.00. The fourth-order valence-electron chi connectivity index (χ4n) is 3.41. The Morgan fingerprint density at radius 3 is 2.35 bits per heavy atom. The fourth-order valence-corrected chi connectivity index (χ4v) is 3.41. The van der Waals surface area contributed by atoms with E-state index in [1.165, 1.54) is 51.4 Å². The zero-order valence-corrected chi connectivity index (χ0v) is 11.6. The zero-order valence-electron chi connectivity index (χ0n) is 11.6. The highest BCUT2D eigenvalue weighted by molar-refractivity contribution is 4.90. The van der Waals surface area contributed by atoms with Crippen LogP contribution in [-0.2, 0) is 4.74 Å². The van der Waals surface area contributed by atoms with Crippen molar-refractivity contribution in [1.82, 2.24) is 5.32 Å². The first kappa shape index (κ1) is 13.4. The van der Waals surface area contributed by atoms with E-state index in [4.69, 9.17) is 4.74 Å². The van der Waals surface area contributed by atoms with Gasteiger partial charge in [0.1, 0.15) is 0 Å². The number of likely N-dealkylation sites (N-methyl/N-ethyl adjacent to an activating group) is 1. The van der Waals surface area contributed by atoms with E-state index in [9.17, 15) is 0 Å². The summed E-state index contributed by atoms with van der Waals surface area (Å²) >= 11 is 0. The summed E-state index contributed by atoms with van der Waals surface area (Å²) in [7, 11) is 0. The summed E-state index contributed by atoms with van der Waals surface area (Å²) in [6.07, 6.45) is 11.1. The monoisotopic (exact) mass is 239 g/mol. The molecule has 0 aromatic carbocycles. The second-order valence-electron chi connectivity index (χ2n) is 6.17. The molecule has 2 fully saturated rings. The highest BCUT2D eigenvalue weighted by atomic mass is 16.5. The van der Waals surface area contributed by atoms with Gasteiger partial charge >= 0.3 is 0 Å². The summed E-state index contributed by atoms with van der Waals surface area (Å²) in [5.74, 6) is 0.920. The van der Waals surface area contributed by atoms with Crippen LogP contribution in [0.3, 0.4) is 0 Å². The molecule has 0 aromatic rings. The molecule has 1 N–H and O–H groups in total. The Kier molecular flexibility index (Phi) is 4.87. The van der Waals surface area contributed by atoms with Gasteiger partial charge in [0.15, 0.2) is 0 Å². The summed E-state index contributed by atoms with van der Waals surface area (Å²) in [6.45, 7) is 6.69. The molecule has 0 aromatic heterocycles. The smallest absolute Gasteiger partial charge is 0.0810 e. The van der Waals surface area contributed by atoms with Crippen LogP contribution in [0.4, 0.5) is 0 Å². The van der Waals surface area contributed by atoms with Gasteiger partial charge in [-0.05, 0) is 51.0 Å². The molecule has 2 aliphatic carbocycles. The number of rotatable bonds is 5. The van der Waals surface area contributed by atoms with Crippen molar-refractivity contribution in [1.29, 1.82) is 0 Å². The molecule has 0 saturated heterocycles. The third-order valence-electron chi connectivity index (χ3n) is 4.59. The van der Waals surface area contributed by atoms with Gasteiger partial charge in [-0.3, -0.25) is 0 Å². The highest BCUT2D eigenvalue weighted by Gasteiger charge is 2.37. The lowest BCUT2D eigenvalue weighted by Crippen LogP contribution is -2.44. The minimum Gasteiger partial charge on any atom is -0.370 e. The topological polar surface area (TPSA) is 21.3 Å². The van der Waals surface area contributed by atoms with E-state index >= 15 is 0 Å². The summed E-state index contributed by atoms with van der Waals surface area (Å²) in [6, 6.07) is 0. The van der Waals surface area contributed by atoms with Crippen molar-refractivity contribution in [3.8, 4) is 0 Å².